The molecule has 0 aromatic heterocycles. The molecule has 0 bridgehead atoms. The second-order valence-corrected chi connectivity index (χ2v) is 5.06. The third-order valence-corrected chi connectivity index (χ3v) is 3.10. The van der Waals surface area contributed by atoms with Crippen LogP contribution in [0.5, 0.6) is 0 Å². The number of benzene rings is 1. The molecule has 1 aromatic rings. The Balaban J connectivity index is 2.45. The lowest BCUT2D eigenvalue weighted by atomic mass is 10.1. The van der Waals surface area contributed by atoms with E-state index in [1.807, 2.05) is 30.3 Å². The highest BCUT2D eigenvalue weighted by Gasteiger charge is 2.24. The predicted octanol–water partition coefficient (Wildman–Crippen LogP) is 0.515. The SMILES string of the molecule is COC(=O)C(CCC(=O)OCc1ccccc1)NC(=O)C(C)N. The van der Waals surface area contributed by atoms with Gasteiger partial charge < -0.3 is 20.5 Å². The maximum absolute atomic E-state index is 11.7. The normalized spacial score (nSPS) is 12.8. The van der Waals surface area contributed by atoms with E-state index in [0.717, 1.165) is 5.56 Å². The summed E-state index contributed by atoms with van der Waals surface area (Å²) in [6.07, 6.45) is 0.0601. The minimum Gasteiger partial charge on any atom is -0.467 e. The summed E-state index contributed by atoms with van der Waals surface area (Å²) in [4.78, 5) is 34.9. The Morgan fingerprint density at radius 2 is 1.87 bits per heavy atom. The summed E-state index contributed by atoms with van der Waals surface area (Å²) < 4.78 is 9.72. The second-order valence-electron chi connectivity index (χ2n) is 5.06. The number of nitrogens with one attached hydrogen (secondary N) is 1. The lowest BCUT2D eigenvalue weighted by Gasteiger charge is -2.17. The van der Waals surface area contributed by atoms with Crippen LogP contribution in [0.3, 0.4) is 0 Å². The van der Waals surface area contributed by atoms with Gasteiger partial charge in [-0.15, -0.1) is 0 Å². The summed E-state index contributed by atoms with van der Waals surface area (Å²) in [5, 5.41) is 2.45. The number of hydrogen-bond acceptors (Lipinski definition) is 6. The van der Waals surface area contributed by atoms with Gasteiger partial charge in [0, 0.05) is 6.42 Å². The van der Waals surface area contributed by atoms with Gasteiger partial charge in [-0.3, -0.25) is 9.59 Å². The molecule has 1 rings (SSSR count). The van der Waals surface area contributed by atoms with E-state index in [2.05, 4.69) is 10.1 Å². The standard InChI is InChI=1S/C16H22N2O5/c1-11(17)15(20)18-13(16(21)22-2)8-9-14(19)23-10-12-6-4-3-5-7-12/h3-7,11,13H,8-10,17H2,1-2H3,(H,18,20). The summed E-state index contributed by atoms with van der Waals surface area (Å²) in [5.74, 6) is -1.58. The topological polar surface area (TPSA) is 108 Å². The Morgan fingerprint density at radius 1 is 1.22 bits per heavy atom. The smallest absolute Gasteiger partial charge is 0.328 e. The van der Waals surface area contributed by atoms with Gasteiger partial charge in [0.05, 0.1) is 13.2 Å². The second kappa shape index (κ2) is 9.58. The summed E-state index contributed by atoms with van der Waals surface area (Å²) in [6.45, 7) is 1.66. The minimum atomic E-state index is -0.928. The van der Waals surface area contributed by atoms with Crippen molar-refractivity contribution >= 4 is 17.8 Å². The number of methoxy groups -OCH3 is 1. The monoisotopic (exact) mass is 322 g/mol. The molecule has 2 atom stereocenters. The summed E-state index contributed by atoms with van der Waals surface area (Å²) >= 11 is 0. The molecule has 7 heteroatoms. The van der Waals surface area contributed by atoms with E-state index < -0.39 is 29.9 Å². The molecule has 0 aliphatic heterocycles. The van der Waals surface area contributed by atoms with Crippen LogP contribution in [0.1, 0.15) is 25.3 Å². The van der Waals surface area contributed by atoms with Gasteiger partial charge in [-0.2, -0.15) is 0 Å². The fraction of sp³-hybridized carbons (Fsp3) is 0.438. The molecule has 0 aliphatic carbocycles. The van der Waals surface area contributed by atoms with Crippen LogP contribution in [-0.2, 0) is 30.5 Å². The Bertz CT molecular complexity index is 531. The number of nitrogens with two attached hydrogens (primary N) is 1. The first-order valence-corrected chi connectivity index (χ1v) is 7.27. The summed E-state index contributed by atoms with van der Waals surface area (Å²) in [7, 11) is 1.21. The van der Waals surface area contributed by atoms with Gasteiger partial charge in [0.15, 0.2) is 0 Å². The first kappa shape index (κ1) is 18.6. The zero-order valence-electron chi connectivity index (χ0n) is 13.3. The molecule has 0 spiro atoms. The van der Waals surface area contributed by atoms with E-state index in [4.69, 9.17) is 10.5 Å². The Morgan fingerprint density at radius 3 is 2.43 bits per heavy atom. The van der Waals surface area contributed by atoms with Gasteiger partial charge in [-0.05, 0) is 18.9 Å². The summed E-state index contributed by atoms with van der Waals surface area (Å²) in [6, 6.07) is 7.56. The van der Waals surface area contributed by atoms with Gasteiger partial charge in [0.1, 0.15) is 12.6 Å². The first-order valence-electron chi connectivity index (χ1n) is 7.27. The quantitative estimate of drug-likeness (QED) is 0.675. The lowest BCUT2D eigenvalue weighted by molar-refractivity contribution is -0.148. The fourth-order valence-electron chi connectivity index (χ4n) is 1.77. The van der Waals surface area contributed by atoms with E-state index in [1.54, 1.807) is 0 Å². The zero-order valence-corrected chi connectivity index (χ0v) is 13.3. The summed E-state index contributed by atoms with van der Waals surface area (Å²) in [5.41, 5.74) is 6.31. The fourth-order valence-corrected chi connectivity index (χ4v) is 1.77. The molecule has 3 N–H and O–H groups in total. The van der Waals surface area contributed by atoms with Crippen molar-refractivity contribution in [1.82, 2.24) is 5.32 Å². The molecule has 0 radical (unpaired) electrons. The minimum absolute atomic E-state index is 0.0220. The van der Waals surface area contributed by atoms with E-state index in [-0.39, 0.29) is 19.4 Å². The molecule has 0 saturated carbocycles. The van der Waals surface area contributed by atoms with Crippen LogP contribution < -0.4 is 11.1 Å². The van der Waals surface area contributed by atoms with Gasteiger partial charge in [-0.25, -0.2) is 4.79 Å². The zero-order chi connectivity index (χ0) is 17.2. The Labute approximate surface area is 135 Å². The van der Waals surface area contributed by atoms with Crippen molar-refractivity contribution in [3.8, 4) is 0 Å². The number of hydrogen-bond donors (Lipinski definition) is 2. The van der Waals surface area contributed by atoms with Gasteiger partial charge in [0.25, 0.3) is 0 Å². The van der Waals surface area contributed by atoms with Crippen molar-refractivity contribution < 1.29 is 23.9 Å². The number of esters is 2. The molecule has 7 nitrogen and oxygen atoms in total. The van der Waals surface area contributed by atoms with Gasteiger partial charge in [0.2, 0.25) is 5.91 Å². The van der Waals surface area contributed by atoms with E-state index in [9.17, 15) is 14.4 Å². The average Bonchev–Trinajstić information content (AvgIpc) is 2.56. The van der Waals surface area contributed by atoms with Crippen LogP contribution >= 0.6 is 0 Å². The molecule has 1 aromatic carbocycles. The molecule has 0 fully saturated rings. The number of ether oxygens (including phenoxy) is 2. The van der Waals surface area contributed by atoms with Crippen LogP contribution in [0.25, 0.3) is 0 Å². The highest BCUT2D eigenvalue weighted by Crippen LogP contribution is 2.05. The molecule has 126 valence electrons. The highest BCUT2D eigenvalue weighted by atomic mass is 16.5. The molecule has 23 heavy (non-hydrogen) atoms. The largest absolute Gasteiger partial charge is 0.467 e. The molecule has 0 heterocycles. The van der Waals surface area contributed by atoms with Gasteiger partial charge in [-0.1, -0.05) is 30.3 Å². The Kier molecular flexibility index (Phi) is 7.76. The number of rotatable bonds is 8. The van der Waals surface area contributed by atoms with Crippen molar-refractivity contribution in [2.45, 2.75) is 38.5 Å². The average molecular weight is 322 g/mol. The first-order chi connectivity index (χ1) is 10.9. The maximum Gasteiger partial charge on any atom is 0.328 e. The van der Waals surface area contributed by atoms with Crippen LogP contribution in [-0.4, -0.2) is 37.0 Å². The molecule has 0 saturated heterocycles. The van der Waals surface area contributed by atoms with Crippen LogP contribution in [0.4, 0.5) is 0 Å². The van der Waals surface area contributed by atoms with E-state index in [0.29, 0.717) is 0 Å². The number of amides is 1. The van der Waals surface area contributed by atoms with Crippen molar-refractivity contribution in [1.29, 1.82) is 0 Å². The third-order valence-electron chi connectivity index (χ3n) is 3.10. The van der Waals surface area contributed by atoms with Crippen molar-refractivity contribution in [2.75, 3.05) is 7.11 Å². The number of carbonyl (C=O) groups excluding carboxylic acids is 3. The maximum atomic E-state index is 11.7. The molecule has 2 unspecified atom stereocenters. The molecule has 1 amide bonds. The lowest BCUT2D eigenvalue weighted by Crippen LogP contribution is -2.47. The van der Waals surface area contributed by atoms with Crippen molar-refractivity contribution in [3.05, 3.63) is 35.9 Å². The number of carbonyl (C=O) groups is 3. The third kappa shape index (κ3) is 6.92. The van der Waals surface area contributed by atoms with Crippen molar-refractivity contribution in [3.63, 3.8) is 0 Å². The molecular weight excluding hydrogens is 300 g/mol. The van der Waals surface area contributed by atoms with Crippen molar-refractivity contribution in [2.24, 2.45) is 5.73 Å². The van der Waals surface area contributed by atoms with E-state index in [1.165, 1.54) is 14.0 Å². The van der Waals surface area contributed by atoms with Crippen LogP contribution in [0.15, 0.2) is 30.3 Å². The van der Waals surface area contributed by atoms with E-state index >= 15 is 0 Å². The van der Waals surface area contributed by atoms with Crippen LogP contribution in [0.2, 0.25) is 0 Å². The Hall–Kier alpha value is -2.41. The highest BCUT2D eigenvalue weighted by molar-refractivity contribution is 5.87. The van der Waals surface area contributed by atoms with Crippen LogP contribution in [0, 0.1) is 0 Å². The van der Waals surface area contributed by atoms with Gasteiger partial charge >= 0.3 is 11.9 Å². The molecular formula is C16H22N2O5. The predicted molar refractivity (Wildman–Crippen MR) is 83.1 cm³/mol. The molecule has 0 aliphatic rings.